The van der Waals surface area contributed by atoms with E-state index in [2.05, 4.69) is 35.0 Å². The fourth-order valence-electron chi connectivity index (χ4n) is 2.89. The average Bonchev–Trinajstić information content (AvgIpc) is 3.13. The second-order valence-electron chi connectivity index (χ2n) is 5.25. The maximum atomic E-state index is 4.65. The Balaban J connectivity index is 1.92. The van der Waals surface area contributed by atoms with Gasteiger partial charge in [-0.2, -0.15) is 15.1 Å². The fourth-order valence-corrected chi connectivity index (χ4v) is 2.89. The van der Waals surface area contributed by atoms with Gasteiger partial charge in [0.05, 0.1) is 17.3 Å². The smallest absolute Gasteiger partial charge is 0.226 e. The number of nitrogens with one attached hydrogen (secondary N) is 2. The van der Waals surface area contributed by atoms with Crippen molar-refractivity contribution in [3.05, 3.63) is 23.9 Å². The van der Waals surface area contributed by atoms with Crippen LogP contribution >= 0.6 is 0 Å². The van der Waals surface area contributed by atoms with Gasteiger partial charge in [0.2, 0.25) is 5.95 Å². The van der Waals surface area contributed by atoms with Crippen LogP contribution in [0.4, 0.5) is 5.95 Å². The maximum absolute atomic E-state index is 4.65. The number of aryl methyl sites for hydroxylation is 1. The van der Waals surface area contributed by atoms with Crippen LogP contribution in [0.25, 0.3) is 16.9 Å². The summed E-state index contributed by atoms with van der Waals surface area (Å²) in [7, 11) is 0. The van der Waals surface area contributed by atoms with Gasteiger partial charge >= 0.3 is 0 Å². The zero-order valence-electron chi connectivity index (χ0n) is 11.9. The van der Waals surface area contributed by atoms with Crippen molar-refractivity contribution in [2.75, 3.05) is 11.9 Å². The molecule has 0 spiro atoms. The number of H-pyrrole nitrogens is 1. The molecule has 0 radical (unpaired) electrons. The first kappa shape index (κ1) is 12.3. The third-order valence-corrected chi connectivity index (χ3v) is 3.88. The van der Waals surface area contributed by atoms with Crippen molar-refractivity contribution in [1.82, 2.24) is 29.7 Å². The van der Waals surface area contributed by atoms with Gasteiger partial charge in [0, 0.05) is 12.2 Å². The van der Waals surface area contributed by atoms with Gasteiger partial charge in [0.25, 0.3) is 0 Å². The standard InChI is InChI=1S/C14H17N7/c1-2-15-14-18-12-9(7-17-20-12)13(19-14)21-8-16-10-5-3-4-6-11(10)21/h7-8H,2-6H2,1H3,(H2,15,17,18,19,20). The highest BCUT2D eigenvalue weighted by Gasteiger charge is 2.19. The number of hydrogen-bond acceptors (Lipinski definition) is 5. The first-order valence-corrected chi connectivity index (χ1v) is 7.37. The van der Waals surface area contributed by atoms with Gasteiger partial charge < -0.3 is 5.32 Å². The molecule has 1 aliphatic carbocycles. The van der Waals surface area contributed by atoms with E-state index in [9.17, 15) is 0 Å². The molecule has 21 heavy (non-hydrogen) atoms. The van der Waals surface area contributed by atoms with Gasteiger partial charge in [-0.1, -0.05) is 0 Å². The van der Waals surface area contributed by atoms with Gasteiger partial charge in [-0.05, 0) is 32.6 Å². The number of aromatic nitrogens is 6. The van der Waals surface area contributed by atoms with Crippen molar-refractivity contribution in [2.45, 2.75) is 32.6 Å². The molecule has 0 bridgehead atoms. The topological polar surface area (TPSA) is 84.3 Å². The van der Waals surface area contributed by atoms with Crippen LogP contribution in [0.3, 0.4) is 0 Å². The molecule has 0 unspecified atom stereocenters. The summed E-state index contributed by atoms with van der Waals surface area (Å²) in [5.74, 6) is 1.46. The lowest BCUT2D eigenvalue weighted by Crippen LogP contribution is -2.10. The molecule has 0 fully saturated rings. The van der Waals surface area contributed by atoms with Crippen LogP contribution in [-0.2, 0) is 12.8 Å². The van der Waals surface area contributed by atoms with Gasteiger partial charge in [0.15, 0.2) is 11.5 Å². The van der Waals surface area contributed by atoms with Crippen molar-refractivity contribution >= 4 is 17.0 Å². The van der Waals surface area contributed by atoms with Gasteiger partial charge in [-0.3, -0.25) is 9.67 Å². The van der Waals surface area contributed by atoms with Crippen LogP contribution < -0.4 is 5.32 Å². The fraction of sp³-hybridized carbons (Fsp3) is 0.429. The third-order valence-electron chi connectivity index (χ3n) is 3.88. The zero-order valence-corrected chi connectivity index (χ0v) is 11.9. The monoisotopic (exact) mass is 283 g/mol. The van der Waals surface area contributed by atoms with E-state index in [1.54, 1.807) is 6.20 Å². The first-order valence-electron chi connectivity index (χ1n) is 7.37. The Kier molecular flexibility index (Phi) is 2.83. The van der Waals surface area contributed by atoms with E-state index in [1.807, 2.05) is 13.3 Å². The van der Waals surface area contributed by atoms with E-state index >= 15 is 0 Å². The number of rotatable bonds is 3. The number of nitrogens with zero attached hydrogens (tertiary/aromatic N) is 5. The van der Waals surface area contributed by atoms with E-state index < -0.39 is 0 Å². The summed E-state index contributed by atoms with van der Waals surface area (Å²) < 4.78 is 2.09. The molecule has 3 aromatic rings. The van der Waals surface area contributed by atoms with E-state index in [0.29, 0.717) is 5.95 Å². The molecule has 4 rings (SSSR count). The Morgan fingerprint density at radius 1 is 1.29 bits per heavy atom. The van der Waals surface area contributed by atoms with Crippen molar-refractivity contribution in [3.63, 3.8) is 0 Å². The molecular formula is C14H17N7. The Morgan fingerprint density at radius 3 is 3.10 bits per heavy atom. The molecule has 0 saturated carbocycles. The van der Waals surface area contributed by atoms with Crippen molar-refractivity contribution in [1.29, 1.82) is 0 Å². The Bertz CT molecular complexity index is 786. The zero-order chi connectivity index (χ0) is 14.2. The summed E-state index contributed by atoms with van der Waals surface area (Å²) >= 11 is 0. The molecule has 0 aromatic carbocycles. The van der Waals surface area contributed by atoms with Crippen LogP contribution in [0.5, 0.6) is 0 Å². The second kappa shape index (κ2) is 4.83. The largest absolute Gasteiger partial charge is 0.354 e. The molecule has 1 aliphatic rings. The Morgan fingerprint density at radius 2 is 2.19 bits per heavy atom. The van der Waals surface area contributed by atoms with Crippen molar-refractivity contribution in [2.24, 2.45) is 0 Å². The Hall–Kier alpha value is -2.44. The summed E-state index contributed by atoms with van der Waals surface area (Å²) in [6, 6.07) is 0. The average molecular weight is 283 g/mol. The van der Waals surface area contributed by atoms with Crippen LogP contribution in [0.1, 0.15) is 31.2 Å². The van der Waals surface area contributed by atoms with E-state index in [0.717, 1.165) is 36.2 Å². The van der Waals surface area contributed by atoms with Crippen molar-refractivity contribution < 1.29 is 0 Å². The predicted molar refractivity (Wildman–Crippen MR) is 79.6 cm³/mol. The first-order chi connectivity index (χ1) is 10.4. The summed E-state index contributed by atoms with van der Waals surface area (Å²) in [6.07, 6.45) is 8.18. The molecule has 0 atom stereocenters. The number of anilines is 1. The third kappa shape index (κ3) is 1.96. The minimum absolute atomic E-state index is 0.613. The molecule has 3 heterocycles. The van der Waals surface area contributed by atoms with Crippen LogP contribution in [0.15, 0.2) is 12.5 Å². The quantitative estimate of drug-likeness (QED) is 0.766. The number of aromatic amines is 1. The highest BCUT2D eigenvalue weighted by Crippen LogP contribution is 2.26. The van der Waals surface area contributed by atoms with Crippen molar-refractivity contribution in [3.8, 4) is 5.82 Å². The lowest BCUT2D eigenvalue weighted by Gasteiger charge is -2.14. The lowest BCUT2D eigenvalue weighted by molar-refractivity contribution is 0.654. The number of fused-ring (bicyclic) bond motifs is 2. The highest BCUT2D eigenvalue weighted by atomic mass is 15.2. The summed E-state index contributed by atoms with van der Waals surface area (Å²) in [5, 5.41) is 11.1. The molecule has 3 aromatic heterocycles. The predicted octanol–water partition coefficient (Wildman–Crippen LogP) is 1.85. The Labute approximate surface area is 121 Å². The SMILES string of the molecule is CCNc1nc(-n2cnc3c2CCCC3)c2cn[nH]c2n1. The minimum atomic E-state index is 0.613. The summed E-state index contributed by atoms with van der Waals surface area (Å²) in [6.45, 7) is 2.81. The molecule has 2 N–H and O–H groups in total. The molecule has 0 saturated heterocycles. The minimum Gasteiger partial charge on any atom is -0.354 e. The van der Waals surface area contributed by atoms with Gasteiger partial charge in [-0.25, -0.2) is 4.98 Å². The summed E-state index contributed by atoms with van der Waals surface area (Å²) in [4.78, 5) is 13.6. The second-order valence-corrected chi connectivity index (χ2v) is 5.25. The maximum Gasteiger partial charge on any atom is 0.226 e. The number of hydrogen-bond donors (Lipinski definition) is 2. The summed E-state index contributed by atoms with van der Waals surface area (Å²) in [5.41, 5.74) is 3.21. The molecule has 0 amide bonds. The molecule has 108 valence electrons. The van der Waals surface area contributed by atoms with E-state index in [-0.39, 0.29) is 0 Å². The van der Waals surface area contributed by atoms with Crippen LogP contribution in [0.2, 0.25) is 0 Å². The molecule has 0 aliphatic heterocycles. The van der Waals surface area contributed by atoms with E-state index in [4.69, 9.17) is 0 Å². The van der Waals surface area contributed by atoms with Crippen LogP contribution in [-0.4, -0.2) is 36.3 Å². The van der Waals surface area contributed by atoms with Gasteiger partial charge in [-0.15, -0.1) is 0 Å². The molecule has 7 heteroatoms. The lowest BCUT2D eigenvalue weighted by atomic mass is 10.0. The number of imidazole rings is 1. The van der Waals surface area contributed by atoms with Gasteiger partial charge in [0.1, 0.15) is 6.33 Å². The highest BCUT2D eigenvalue weighted by molar-refractivity contribution is 5.83. The normalized spacial score (nSPS) is 14.3. The molecular weight excluding hydrogens is 266 g/mol. The molecule has 7 nitrogen and oxygen atoms in total. The van der Waals surface area contributed by atoms with Crippen LogP contribution in [0, 0.1) is 0 Å². The van der Waals surface area contributed by atoms with E-state index in [1.165, 1.54) is 24.2 Å².